The molecule has 0 aromatic heterocycles. The summed E-state index contributed by atoms with van der Waals surface area (Å²) >= 11 is 0. The van der Waals surface area contributed by atoms with Crippen molar-refractivity contribution in [2.24, 2.45) is 5.73 Å². The van der Waals surface area contributed by atoms with Gasteiger partial charge in [-0.3, -0.25) is 4.79 Å². The summed E-state index contributed by atoms with van der Waals surface area (Å²) in [5, 5.41) is 5.77. The van der Waals surface area contributed by atoms with Gasteiger partial charge >= 0.3 is 0 Å². The van der Waals surface area contributed by atoms with Crippen LogP contribution in [0.4, 0.5) is 0 Å². The zero-order valence-corrected chi connectivity index (χ0v) is 7.89. The van der Waals surface area contributed by atoms with Crippen LogP contribution in [0.2, 0.25) is 0 Å². The second-order valence-electron chi connectivity index (χ2n) is 2.87. The molecule has 0 spiro atoms. The molecule has 0 heterocycles. The number of carbonyl (C=O) groups is 1. The van der Waals surface area contributed by atoms with Gasteiger partial charge in [-0.2, -0.15) is 0 Å². The minimum absolute atomic E-state index is 0.0390. The first-order chi connectivity index (χ1) is 5.70. The third kappa shape index (κ3) is 6.12. The predicted molar refractivity (Wildman–Crippen MR) is 49.8 cm³/mol. The molecule has 0 saturated carbocycles. The molecule has 0 rings (SSSR count). The van der Waals surface area contributed by atoms with Crippen molar-refractivity contribution in [3.8, 4) is 0 Å². The Morgan fingerprint density at radius 2 is 2.25 bits per heavy atom. The van der Waals surface area contributed by atoms with E-state index in [-0.39, 0.29) is 11.9 Å². The Bertz CT molecular complexity index is 127. The molecule has 0 aromatic rings. The standard InChI is InChI=1S/C8H19N3O/c1-3-4-10-8(12)6-11-7(2)5-9/h7,11H,3-6,9H2,1-2H3,(H,10,12). The summed E-state index contributed by atoms with van der Waals surface area (Å²) in [7, 11) is 0. The van der Waals surface area contributed by atoms with Gasteiger partial charge in [-0.15, -0.1) is 0 Å². The molecule has 0 aliphatic rings. The van der Waals surface area contributed by atoms with Gasteiger partial charge in [-0.1, -0.05) is 6.92 Å². The molecule has 1 atom stereocenters. The van der Waals surface area contributed by atoms with Crippen LogP contribution in [0.3, 0.4) is 0 Å². The summed E-state index contributed by atoms with van der Waals surface area (Å²) in [5.74, 6) is 0.0390. The van der Waals surface area contributed by atoms with Gasteiger partial charge in [0.25, 0.3) is 0 Å². The minimum Gasteiger partial charge on any atom is -0.355 e. The molecule has 0 aliphatic carbocycles. The van der Waals surface area contributed by atoms with Gasteiger partial charge in [-0.25, -0.2) is 0 Å². The van der Waals surface area contributed by atoms with Crippen LogP contribution in [-0.2, 0) is 4.79 Å². The molecule has 1 unspecified atom stereocenters. The van der Waals surface area contributed by atoms with E-state index < -0.39 is 0 Å². The lowest BCUT2D eigenvalue weighted by Crippen LogP contribution is -2.41. The number of hydrogen-bond acceptors (Lipinski definition) is 3. The highest BCUT2D eigenvalue weighted by Gasteiger charge is 2.01. The Morgan fingerprint density at radius 3 is 2.75 bits per heavy atom. The average molecular weight is 173 g/mol. The van der Waals surface area contributed by atoms with Gasteiger partial charge in [0.1, 0.15) is 0 Å². The van der Waals surface area contributed by atoms with Crippen LogP contribution in [0.1, 0.15) is 20.3 Å². The number of carbonyl (C=O) groups excluding carboxylic acids is 1. The molecule has 0 bridgehead atoms. The molecular formula is C8H19N3O. The lowest BCUT2D eigenvalue weighted by Gasteiger charge is -2.10. The Kier molecular flexibility index (Phi) is 6.70. The molecule has 4 nitrogen and oxygen atoms in total. The predicted octanol–water partition coefficient (Wildman–Crippen LogP) is -0.551. The SMILES string of the molecule is CCCNC(=O)CNC(C)CN. The molecule has 4 heteroatoms. The smallest absolute Gasteiger partial charge is 0.233 e. The maximum absolute atomic E-state index is 11.0. The summed E-state index contributed by atoms with van der Waals surface area (Å²) in [6, 6.07) is 0.206. The van der Waals surface area contributed by atoms with Crippen molar-refractivity contribution < 1.29 is 4.79 Å². The molecule has 0 fully saturated rings. The molecule has 0 aromatic carbocycles. The van der Waals surface area contributed by atoms with Gasteiger partial charge in [-0.05, 0) is 13.3 Å². The normalized spacial score (nSPS) is 12.6. The van der Waals surface area contributed by atoms with Crippen LogP contribution < -0.4 is 16.4 Å². The average Bonchev–Trinajstić information content (AvgIpc) is 2.10. The molecule has 72 valence electrons. The van der Waals surface area contributed by atoms with E-state index in [0.717, 1.165) is 13.0 Å². The molecule has 0 aliphatic heterocycles. The van der Waals surface area contributed by atoms with E-state index in [1.54, 1.807) is 0 Å². The van der Waals surface area contributed by atoms with Crippen LogP contribution in [-0.4, -0.2) is 31.6 Å². The zero-order chi connectivity index (χ0) is 9.40. The summed E-state index contributed by atoms with van der Waals surface area (Å²) in [5.41, 5.74) is 5.36. The maximum Gasteiger partial charge on any atom is 0.233 e. The fourth-order valence-electron chi connectivity index (χ4n) is 0.677. The first kappa shape index (κ1) is 11.4. The Hall–Kier alpha value is -0.610. The second kappa shape index (κ2) is 7.06. The van der Waals surface area contributed by atoms with Gasteiger partial charge in [0.05, 0.1) is 6.54 Å². The van der Waals surface area contributed by atoms with E-state index in [1.807, 2.05) is 13.8 Å². The van der Waals surface area contributed by atoms with Crippen molar-refractivity contribution in [2.75, 3.05) is 19.6 Å². The highest BCUT2D eigenvalue weighted by Crippen LogP contribution is 1.75. The maximum atomic E-state index is 11.0. The summed E-state index contributed by atoms with van der Waals surface area (Å²) in [6.07, 6.45) is 0.970. The van der Waals surface area contributed by atoms with Gasteiger partial charge in [0.2, 0.25) is 5.91 Å². The minimum atomic E-state index is 0.0390. The molecule has 4 N–H and O–H groups in total. The third-order valence-electron chi connectivity index (χ3n) is 1.54. The van der Waals surface area contributed by atoms with Crippen molar-refractivity contribution in [3.05, 3.63) is 0 Å². The first-order valence-electron chi connectivity index (χ1n) is 4.40. The number of amides is 1. The van der Waals surface area contributed by atoms with E-state index in [0.29, 0.717) is 13.1 Å². The molecular weight excluding hydrogens is 154 g/mol. The van der Waals surface area contributed by atoms with Gasteiger partial charge in [0, 0.05) is 19.1 Å². The second-order valence-corrected chi connectivity index (χ2v) is 2.87. The highest BCUT2D eigenvalue weighted by molar-refractivity contribution is 5.77. The Labute approximate surface area is 73.9 Å². The quantitative estimate of drug-likeness (QED) is 0.505. The molecule has 0 saturated heterocycles. The summed E-state index contributed by atoms with van der Waals surface area (Å²) in [6.45, 7) is 5.64. The third-order valence-corrected chi connectivity index (χ3v) is 1.54. The topological polar surface area (TPSA) is 67.2 Å². The van der Waals surface area contributed by atoms with Gasteiger partial charge in [0.15, 0.2) is 0 Å². The number of nitrogens with one attached hydrogen (secondary N) is 2. The molecule has 0 radical (unpaired) electrons. The van der Waals surface area contributed by atoms with E-state index in [4.69, 9.17) is 5.73 Å². The lowest BCUT2D eigenvalue weighted by atomic mass is 10.3. The van der Waals surface area contributed by atoms with Crippen molar-refractivity contribution >= 4 is 5.91 Å². The fourth-order valence-corrected chi connectivity index (χ4v) is 0.677. The molecule has 12 heavy (non-hydrogen) atoms. The largest absolute Gasteiger partial charge is 0.355 e. The lowest BCUT2D eigenvalue weighted by molar-refractivity contribution is -0.120. The summed E-state index contributed by atoms with van der Waals surface area (Å²) in [4.78, 5) is 11.0. The van der Waals surface area contributed by atoms with E-state index in [2.05, 4.69) is 10.6 Å². The number of nitrogens with two attached hydrogens (primary N) is 1. The van der Waals surface area contributed by atoms with Crippen molar-refractivity contribution in [1.82, 2.24) is 10.6 Å². The number of hydrogen-bond donors (Lipinski definition) is 3. The van der Waals surface area contributed by atoms with E-state index in [9.17, 15) is 4.79 Å². The van der Waals surface area contributed by atoms with Crippen LogP contribution in [0.25, 0.3) is 0 Å². The van der Waals surface area contributed by atoms with Crippen LogP contribution >= 0.6 is 0 Å². The van der Waals surface area contributed by atoms with Crippen LogP contribution in [0.5, 0.6) is 0 Å². The first-order valence-corrected chi connectivity index (χ1v) is 4.40. The summed E-state index contributed by atoms with van der Waals surface area (Å²) < 4.78 is 0. The Morgan fingerprint density at radius 1 is 1.58 bits per heavy atom. The highest BCUT2D eigenvalue weighted by atomic mass is 16.1. The van der Waals surface area contributed by atoms with E-state index in [1.165, 1.54) is 0 Å². The van der Waals surface area contributed by atoms with Gasteiger partial charge < -0.3 is 16.4 Å². The monoisotopic (exact) mass is 173 g/mol. The van der Waals surface area contributed by atoms with E-state index >= 15 is 0 Å². The van der Waals surface area contributed by atoms with Crippen LogP contribution in [0, 0.1) is 0 Å². The fraction of sp³-hybridized carbons (Fsp3) is 0.875. The number of rotatable bonds is 6. The van der Waals surface area contributed by atoms with Crippen molar-refractivity contribution in [1.29, 1.82) is 0 Å². The van der Waals surface area contributed by atoms with Crippen molar-refractivity contribution in [3.63, 3.8) is 0 Å². The molecule has 1 amide bonds. The Balaban J connectivity index is 3.31. The van der Waals surface area contributed by atoms with Crippen molar-refractivity contribution in [2.45, 2.75) is 26.3 Å². The zero-order valence-electron chi connectivity index (χ0n) is 7.89. The van der Waals surface area contributed by atoms with Crippen LogP contribution in [0.15, 0.2) is 0 Å².